The van der Waals surface area contributed by atoms with Crippen molar-refractivity contribution in [1.29, 1.82) is 0 Å². The number of H-pyrrole nitrogens is 1. The summed E-state index contributed by atoms with van der Waals surface area (Å²) in [6.07, 6.45) is 3.66. The summed E-state index contributed by atoms with van der Waals surface area (Å²) in [5.41, 5.74) is 10.9. The van der Waals surface area contributed by atoms with E-state index in [4.69, 9.17) is 47.9 Å². The number of esters is 2. The lowest BCUT2D eigenvalue weighted by molar-refractivity contribution is -0.149. The number of hydrogen-bond acceptors (Lipinski definition) is 12. The summed E-state index contributed by atoms with van der Waals surface area (Å²) in [5, 5.41) is 17.5. The van der Waals surface area contributed by atoms with E-state index in [1.54, 1.807) is 40.2 Å². The molecule has 4 aromatic carbocycles. The summed E-state index contributed by atoms with van der Waals surface area (Å²) >= 11 is 12.0. The van der Waals surface area contributed by atoms with Crippen LogP contribution in [0.1, 0.15) is 54.7 Å². The lowest BCUT2D eigenvalue weighted by Gasteiger charge is -2.23. The first-order valence-corrected chi connectivity index (χ1v) is 23.1. The van der Waals surface area contributed by atoms with Gasteiger partial charge in [0.1, 0.15) is 17.3 Å². The molecule has 5 N–H and O–H groups in total. The van der Waals surface area contributed by atoms with Crippen LogP contribution in [-0.4, -0.2) is 106 Å². The molecule has 17 heteroatoms. The minimum absolute atomic E-state index is 0.161. The van der Waals surface area contributed by atoms with Crippen molar-refractivity contribution >= 4 is 40.9 Å². The number of Topliss-reactive ketones (excluding diaryl/α,β-unsaturated/α-hetero) is 1. The average molecular weight is 968 g/mol. The van der Waals surface area contributed by atoms with Gasteiger partial charge in [-0.1, -0.05) is 71.7 Å². The average Bonchev–Trinajstić information content (AvgIpc) is 3.87. The third-order valence-corrected chi connectivity index (χ3v) is 11.2. The highest BCUT2D eigenvalue weighted by Gasteiger charge is 2.27. The number of rotatable bonds is 27. The van der Waals surface area contributed by atoms with Crippen molar-refractivity contribution in [1.82, 2.24) is 26.0 Å². The molecule has 0 saturated carbocycles. The Balaban J connectivity index is 0.000000299. The van der Waals surface area contributed by atoms with Crippen molar-refractivity contribution in [2.75, 3.05) is 66.8 Å². The Morgan fingerprint density at radius 2 is 1.18 bits per heavy atom. The number of aromatic amines is 1. The third kappa shape index (κ3) is 18.8. The molecule has 5 rings (SSSR count). The molecule has 0 fully saturated rings. The molecule has 0 unspecified atom stereocenters. The number of hydrogen-bond donors (Lipinski definition) is 4. The smallest absolute Gasteiger partial charge is 0.310 e. The maximum atomic E-state index is 14.3. The molecular formula is C50H62Cl2F2N6O7. The zero-order valence-electron chi connectivity index (χ0n) is 38.5. The highest BCUT2D eigenvalue weighted by Crippen LogP contribution is 2.30. The molecule has 13 nitrogen and oxygen atoms in total. The van der Waals surface area contributed by atoms with Gasteiger partial charge in [0.15, 0.2) is 5.78 Å². The standard InChI is InChI=1S/C27H32ClFN4O4.C23H30ClFN2O3/c1-3-37-27(35)21(16-30-10-11-36-2)13-19(14-26(34)25-17-31-33-32-25)12-18-4-6-20(7-5-18)23-15-22(28)8-9-24(23)29;1-3-30-23(28)18(15-27-10-11-29-2)13-20(26)12-16-4-6-17(7-5-16)21-14-19(24)8-9-22(21)25/h4-9,15,17,19,21,30H,3,10-14,16H2,1-2H3,(H,31,32,33);4-9,14,18,20,27H,3,10-13,15,26H2,1-2H3/t19-,21+;18-,20+/m10/s1. The predicted molar refractivity (Wildman–Crippen MR) is 257 cm³/mol. The van der Waals surface area contributed by atoms with Gasteiger partial charge in [-0.05, 0) is 104 Å². The van der Waals surface area contributed by atoms with E-state index in [2.05, 4.69) is 26.0 Å². The van der Waals surface area contributed by atoms with Crippen molar-refractivity contribution in [2.24, 2.45) is 23.5 Å². The van der Waals surface area contributed by atoms with E-state index in [1.165, 1.54) is 30.5 Å². The Morgan fingerprint density at radius 3 is 1.63 bits per heavy atom. The second-order valence-electron chi connectivity index (χ2n) is 15.9. The van der Waals surface area contributed by atoms with Crippen LogP contribution in [0, 0.1) is 29.4 Å². The molecule has 4 atom stereocenters. The first-order chi connectivity index (χ1) is 32.3. The Kier molecular flexibility index (Phi) is 24.1. The van der Waals surface area contributed by atoms with Crippen LogP contribution in [0.3, 0.4) is 0 Å². The summed E-state index contributed by atoms with van der Waals surface area (Å²) in [6, 6.07) is 23.7. The van der Waals surface area contributed by atoms with E-state index in [0.717, 1.165) is 16.7 Å². The van der Waals surface area contributed by atoms with Gasteiger partial charge in [0.2, 0.25) is 0 Å². The number of halogens is 4. The van der Waals surface area contributed by atoms with Gasteiger partial charge in [0.25, 0.3) is 0 Å². The fourth-order valence-corrected chi connectivity index (χ4v) is 7.80. The van der Waals surface area contributed by atoms with E-state index in [-0.39, 0.29) is 66.0 Å². The van der Waals surface area contributed by atoms with Gasteiger partial charge in [-0.2, -0.15) is 15.4 Å². The van der Waals surface area contributed by atoms with E-state index >= 15 is 0 Å². The van der Waals surface area contributed by atoms with Crippen LogP contribution in [0.5, 0.6) is 0 Å². The van der Waals surface area contributed by atoms with Crippen LogP contribution < -0.4 is 16.4 Å². The summed E-state index contributed by atoms with van der Waals surface area (Å²) in [5.74, 6) is -2.32. The fourth-order valence-electron chi connectivity index (χ4n) is 7.45. The number of aromatic nitrogens is 3. The van der Waals surface area contributed by atoms with Crippen molar-refractivity contribution in [3.05, 3.63) is 130 Å². The summed E-state index contributed by atoms with van der Waals surface area (Å²) in [6.45, 7) is 7.40. The summed E-state index contributed by atoms with van der Waals surface area (Å²) < 4.78 is 48.9. The molecule has 0 amide bonds. The Bertz CT molecular complexity index is 2260. The summed E-state index contributed by atoms with van der Waals surface area (Å²) in [7, 11) is 3.24. The monoisotopic (exact) mass is 966 g/mol. The van der Waals surface area contributed by atoms with Gasteiger partial charge in [-0.25, -0.2) is 8.78 Å². The molecule has 67 heavy (non-hydrogen) atoms. The molecule has 1 aromatic heterocycles. The van der Waals surface area contributed by atoms with Crippen LogP contribution in [0.15, 0.2) is 91.1 Å². The normalized spacial score (nSPS) is 12.9. The van der Waals surface area contributed by atoms with Crippen LogP contribution in [0.4, 0.5) is 8.78 Å². The lowest BCUT2D eigenvalue weighted by atomic mass is 9.85. The van der Waals surface area contributed by atoms with Gasteiger partial charge in [0.05, 0.1) is 44.5 Å². The number of benzene rings is 4. The fraction of sp³-hybridized carbons (Fsp3) is 0.420. The molecule has 362 valence electrons. The van der Waals surface area contributed by atoms with Crippen LogP contribution in [0.25, 0.3) is 22.3 Å². The number of ether oxygens (including phenoxy) is 4. The molecule has 0 bridgehead atoms. The molecule has 0 spiro atoms. The summed E-state index contributed by atoms with van der Waals surface area (Å²) in [4.78, 5) is 37.8. The zero-order valence-corrected chi connectivity index (χ0v) is 40.0. The third-order valence-electron chi connectivity index (χ3n) is 10.8. The van der Waals surface area contributed by atoms with Crippen LogP contribution in [-0.2, 0) is 41.4 Å². The molecule has 0 aliphatic carbocycles. The van der Waals surface area contributed by atoms with Crippen molar-refractivity contribution in [2.45, 2.75) is 52.0 Å². The Hall–Kier alpha value is -5.13. The van der Waals surface area contributed by atoms with Gasteiger partial charge >= 0.3 is 11.9 Å². The quantitative estimate of drug-likeness (QED) is 0.0225. The van der Waals surface area contributed by atoms with E-state index in [9.17, 15) is 23.2 Å². The topological polar surface area (TPSA) is 180 Å². The highest BCUT2D eigenvalue weighted by molar-refractivity contribution is 6.31. The SMILES string of the molecule is CCOC(=O)[C@H](CNCCOC)C[C@H](CC(=O)c1cn[nH]n1)Cc1ccc(-c2cc(Cl)ccc2F)cc1.CCOC(=O)[C@H](CNCCOC)C[C@H](N)Cc1ccc(-c2cc(Cl)ccc2F)cc1. The molecule has 0 saturated heterocycles. The molecule has 0 aliphatic rings. The van der Waals surface area contributed by atoms with Gasteiger partial charge in [-0.15, -0.1) is 0 Å². The predicted octanol–water partition coefficient (Wildman–Crippen LogP) is 8.32. The Labute approximate surface area is 401 Å². The Morgan fingerprint density at radius 1 is 0.701 bits per heavy atom. The lowest BCUT2D eigenvalue weighted by Crippen LogP contribution is -2.37. The molecule has 0 aliphatic heterocycles. The first-order valence-electron chi connectivity index (χ1n) is 22.3. The van der Waals surface area contributed by atoms with Crippen molar-refractivity contribution in [3.8, 4) is 22.3 Å². The number of methoxy groups -OCH3 is 2. The van der Waals surface area contributed by atoms with Gasteiger partial charge < -0.3 is 35.3 Å². The number of carbonyl (C=O) groups excluding carboxylic acids is 3. The number of nitrogens with zero attached hydrogens (tertiary/aromatic N) is 2. The second-order valence-corrected chi connectivity index (χ2v) is 16.8. The molecule has 1 heterocycles. The van der Waals surface area contributed by atoms with Gasteiger partial charge in [-0.3, -0.25) is 14.4 Å². The first kappa shape index (κ1) is 54.5. The van der Waals surface area contributed by atoms with Gasteiger partial charge in [0, 0.05) is 74.0 Å². The number of carbonyl (C=O) groups is 3. The molecule has 5 aromatic rings. The molecular weight excluding hydrogens is 905 g/mol. The van der Waals surface area contributed by atoms with E-state index < -0.39 is 5.92 Å². The zero-order chi connectivity index (χ0) is 48.6. The maximum absolute atomic E-state index is 14.3. The minimum Gasteiger partial charge on any atom is -0.466 e. The minimum atomic E-state index is -0.438. The number of nitrogens with one attached hydrogen (secondary N) is 3. The van der Waals surface area contributed by atoms with E-state index in [1.807, 2.05) is 48.5 Å². The maximum Gasteiger partial charge on any atom is 0.310 e. The highest BCUT2D eigenvalue weighted by atomic mass is 35.5. The van der Waals surface area contributed by atoms with E-state index in [0.29, 0.717) is 98.4 Å². The second kappa shape index (κ2) is 29.6. The number of nitrogens with two attached hydrogens (primary N) is 1. The van der Waals surface area contributed by atoms with Crippen molar-refractivity contribution < 1.29 is 42.1 Å². The van der Waals surface area contributed by atoms with Crippen LogP contribution in [0.2, 0.25) is 10.0 Å². The largest absolute Gasteiger partial charge is 0.466 e. The van der Waals surface area contributed by atoms with Crippen molar-refractivity contribution in [3.63, 3.8) is 0 Å². The number of ketones is 1. The molecule has 0 radical (unpaired) electrons. The van der Waals surface area contributed by atoms with Crippen LogP contribution >= 0.6 is 23.2 Å².